The largest absolute Gasteiger partial charge is 0.341 e. The van der Waals surface area contributed by atoms with Gasteiger partial charge in [-0.3, -0.25) is 4.90 Å². The van der Waals surface area contributed by atoms with Crippen molar-refractivity contribution in [3.05, 3.63) is 17.0 Å². The lowest BCUT2D eigenvalue weighted by molar-refractivity contribution is 0.264. The number of likely N-dealkylation sites (N-methyl/N-ethyl adjacent to an activating group) is 1. The van der Waals surface area contributed by atoms with Crippen LogP contribution >= 0.6 is 0 Å². The van der Waals surface area contributed by atoms with E-state index < -0.39 is 0 Å². The minimum atomic E-state index is 0.517. The summed E-state index contributed by atoms with van der Waals surface area (Å²) < 4.78 is 0. The lowest BCUT2D eigenvalue weighted by atomic mass is 10.0. The zero-order valence-electron chi connectivity index (χ0n) is 13.1. The molecule has 0 unspecified atom stereocenters. The summed E-state index contributed by atoms with van der Waals surface area (Å²) in [6.07, 6.45) is 6.19. The van der Waals surface area contributed by atoms with Crippen molar-refractivity contribution in [1.29, 1.82) is 0 Å². The molecule has 0 radical (unpaired) electrons. The van der Waals surface area contributed by atoms with Crippen LogP contribution in [0.4, 0.5) is 5.95 Å². The van der Waals surface area contributed by atoms with E-state index in [-0.39, 0.29) is 0 Å². The van der Waals surface area contributed by atoms with Crippen LogP contribution in [0.3, 0.4) is 0 Å². The topological polar surface area (TPSA) is 58.3 Å². The molecule has 1 aromatic heterocycles. The van der Waals surface area contributed by atoms with Crippen molar-refractivity contribution in [2.75, 3.05) is 31.1 Å². The molecule has 1 aromatic rings. The maximum atomic E-state index is 5.96. The van der Waals surface area contributed by atoms with Crippen LogP contribution in [-0.2, 0) is 19.5 Å². The molecule has 116 valence electrons. The van der Waals surface area contributed by atoms with Crippen LogP contribution in [0.2, 0.25) is 0 Å². The molecule has 0 saturated carbocycles. The number of hydrogen-bond acceptors (Lipinski definition) is 5. The predicted octanol–water partition coefficient (Wildman–Crippen LogP) is 1.69. The van der Waals surface area contributed by atoms with Gasteiger partial charge in [0.1, 0.15) is 0 Å². The fraction of sp³-hybridized carbons (Fsp3) is 0.750. The fourth-order valence-electron chi connectivity index (χ4n) is 3.37. The Bertz CT molecular complexity index is 463. The number of nitrogens with two attached hydrogens (primary N) is 1. The molecule has 0 aliphatic carbocycles. The van der Waals surface area contributed by atoms with E-state index in [2.05, 4.69) is 16.7 Å². The third-order valence-corrected chi connectivity index (χ3v) is 4.74. The van der Waals surface area contributed by atoms with E-state index in [0.717, 1.165) is 50.8 Å². The Kier molecular flexibility index (Phi) is 4.70. The molecule has 0 aromatic carbocycles. The van der Waals surface area contributed by atoms with Gasteiger partial charge in [-0.1, -0.05) is 19.8 Å². The Labute approximate surface area is 127 Å². The summed E-state index contributed by atoms with van der Waals surface area (Å²) >= 11 is 0. The molecule has 2 aliphatic rings. The van der Waals surface area contributed by atoms with Crippen LogP contribution < -0.4 is 10.6 Å². The number of aromatic nitrogens is 2. The molecular formula is C16H27N5. The predicted molar refractivity (Wildman–Crippen MR) is 85.3 cm³/mol. The van der Waals surface area contributed by atoms with Gasteiger partial charge in [-0.2, -0.15) is 0 Å². The fourth-order valence-corrected chi connectivity index (χ4v) is 3.37. The van der Waals surface area contributed by atoms with Gasteiger partial charge in [0.25, 0.3) is 0 Å². The second kappa shape index (κ2) is 6.71. The smallest absolute Gasteiger partial charge is 0.225 e. The zero-order chi connectivity index (χ0) is 14.7. The van der Waals surface area contributed by atoms with Gasteiger partial charge in [0, 0.05) is 44.7 Å². The molecule has 1 fully saturated rings. The van der Waals surface area contributed by atoms with Crippen molar-refractivity contribution >= 4 is 5.95 Å². The van der Waals surface area contributed by atoms with E-state index in [0.29, 0.717) is 6.54 Å². The standard InChI is InChI=1S/C16H27N5/c1-2-20-10-7-14-13(12-20)15(11-17)19-16(18-14)21-8-5-3-4-6-9-21/h2-12,17H2,1H3. The summed E-state index contributed by atoms with van der Waals surface area (Å²) in [5.74, 6) is 0.918. The summed E-state index contributed by atoms with van der Waals surface area (Å²) in [6.45, 7) is 8.04. The van der Waals surface area contributed by atoms with E-state index in [4.69, 9.17) is 15.7 Å². The lowest BCUT2D eigenvalue weighted by Gasteiger charge is -2.30. The van der Waals surface area contributed by atoms with Gasteiger partial charge in [-0.25, -0.2) is 9.97 Å². The lowest BCUT2D eigenvalue weighted by Crippen LogP contribution is -2.34. The van der Waals surface area contributed by atoms with Crippen molar-refractivity contribution in [1.82, 2.24) is 14.9 Å². The summed E-state index contributed by atoms with van der Waals surface area (Å²) in [4.78, 5) is 14.5. The molecule has 2 aliphatic heterocycles. The SMILES string of the molecule is CCN1CCc2nc(N3CCCCCC3)nc(CN)c2C1. The number of rotatable bonds is 3. The maximum Gasteiger partial charge on any atom is 0.225 e. The van der Waals surface area contributed by atoms with Crippen LogP contribution in [0.5, 0.6) is 0 Å². The van der Waals surface area contributed by atoms with E-state index in [9.17, 15) is 0 Å². The summed E-state index contributed by atoms with van der Waals surface area (Å²) in [5, 5.41) is 0. The molecule has 0 spiro atoms. The second-order valence-corrected chi connectivity index (χ2v) is 6.12. The van der Waals surface area contributed by atoms with Gasteiger partial charge < -0.3 is 10.6 Å². The summed E-state index contributed by atoms with van der Waals surface area (Å²) in [7, 11) is 0. The first-order chi connectivity index (χ1) is 10.3. The molecule has 5 heteroatoms. The number of nitrogens with zero attached hydrogens (tertiary/aromatic N) is 4. The molecule has 1 saturated heterocycles. The van der Waals surface area contributed by atoms with Gasteiger partial charge in [-0.15, -0.1) is 0 Å². The van der Waals surface area contributed by atoms with Crippen molar-refractivity contribution in [2.45, 2.75) is 52.1 Å². The van der Waals surface area contributed by atoms with E-state index >= 15 is 0 Å². The first-order valence-electron chi connectivity index (χ1n) is 8.38. The van der Waals surface area contributed by atoms with Crippen molar-refractivity contribution in [3.63, 3.8) is 0 Å². The molecule has 0 atom stereocenters. The Morgan fingerprint density at radius 2 is 1.81 bits per heavy atom. The van der Waals surface area contributed by atoms with Crippen LogP contribution in [0, 0.1) is 0 Å². The molecule has 3 rings (SSSR count). The highest BCUT2D eigenvalue weighted by molar-refractivity contribution is 5.38. The van der Waals surface area contributed by atoms with Gasteiger partial charge >= 0.3 is 0 Å². The van der Waals surface area contributed by atoms with E-state index in [1.165, 1.54) is 36.9 Å². The molecule has 0 amide bonds. The number of hydrogen-bond donors (Lipinski definition) is 1. The molecule has 0 bridgehead atoms. The maximum absolute atomic E-state index is 5.96. The molecule has 3 heterocycles. The molecule has 21 heavy (non-hydrogen) atoms. The monoisotopic (exact) mass is 289 g/mol. The average Bonchev–Trinajstić information content (AvgIpc) is 2.82. The highest BCUT2D eigenvalue weighted by Gasteiger charge is 2.23. The zero-order valence-corrected chi connectivity index (χ0v) is 13.1. The molecule has 2 N–H and O–H groups in total. The highest BCUT2D eigenvalue weighted by Crippen LogP contribution is 2.24. The van der Waals surface area contributed by atoms with Gasteiger partial charge in [0.2, 0.25) is 5.95 Å². The molecule has 5 nitrogen and oxygen atoms in total. The van der Waals surface area contributed by atoms with Crippen LogP contribution in [0.25, 0.3) is 0 Å². The Morgan fingerprint density at radius 3 is 2.48 bits per heavy atom. The van der Waals surface area contributed by atoms with Gasteiger partial charge in [0.05, 0.1) is 11.4 Å². The first kappa shape index (κ1) is 14.7. The van der Waals surface area contributed by atoms with E-state index in [1.54, 1.807) is 0 Å². The molecular weight excluding hydrogens is 262 g/mol. The normalized spacial score (nSPS) is 20.2. The Morgan fingerprint density at radius 1 is 1.05 bits per heavy atom. The van der Waals surface area contributed by atoms with Crippen LogP contribution in [-0.4, -0.2) is 41.0 Å². The quantitative estimate of drug-likeness (QED) is 0.917. The van der Waals surface area contributed by atoms with Crippen molar-refractivity contribution in [2.24, 2.45) is 5.73 Å². The van der Waals surface area contributed by atoms with Gasteiger partial charge in [-0.05, 0) is 19.4 Å². The van der Waals surface area contributed by atoms with Crippen LogP contribution in [0.1, 0.15) is 49.6 Å². The number of anilines is 1. The third kappa shape index (κ3) is 3.19. The average molecular weight is 289 g/mol. The first-order valence-corrected chi connectivity index (χ1v) is 8.38. The number of fused-ring (bicyclic) bond motifs is 1. The third-order valence-electron chi connectivity index (χ3n) is 4.74. The van der Waals surface area contributed by atoms with Crippen LogP contribution in [0.15, 0.2) is 0 Å². The highest BCUT2D eigenvalue weighted by atomic mass is 15.3. The Balaban J connectivity index is 1.89. The summed E-state index contributed by atoms with van der Waals surface area (Å²) in [6, 6.07) is 0. The minimum absolute atomic E-state index is 0.517. The Hall–Kier alpha value is -1.20. The summed E-state index contributed by atoms with van der Waals surface area (Å²) in [5.41, 5.74) is 9.53. The van der Waals surface area contributed by atoms with Crippen molar-refractivity contribution < 1.29 is 0 Å². The second-order valence-electron chi connectivity index (χ2n) is 6.12. The minimum Gasteiger partial charge on any atom is -0.341 e. The van der Waals surface area contributed by atoms with Crippen molar-refractivity contribution in [3.8, 4) is 0 Å². The van der Waals surface area contributed by atoms with E-state index in [1.807, 2.05) is 0 Å². The van der Waals surface area contributed by atoms with Gasteiger partial charge in [0.15, 0.2) is 0 Å².